The highest BCUT2D eigenvalue weighted by Gasteiger charge is 2.25. The van der Waals surface area contributed by atoms with E-state index in [0.717, 1.165) is 36.5 Å². The molecule has 0 radical (unpaired) electrons. The highest BCUT2D eigenvalue weighted by molar-refractivity contribution is 7.91. The summed E-state index contributed by atoms with van der Waals surface area (Å²) in [4.78, 5) is 15.2. The van der Waals surface area contributed by atoms with Crippen LogP contribution in [0.15, 0.2) is 70.6 Å². The van der Waals surface area contributed by atoms with E-state index in [4.69, 9.17) is 0 Å². The van der Waals surface area contributed by atoms with Gasteiger partial charge in [-0.3, -0.25) is 4.79 Å². The number of carbonyl (C=O) groups is 1. The molecule has 0 aliphatic heterocycles. The smallest absolute Gasteiger partial charge is 0.267 e. The molecular formula is C22H21FN2O3S. The largest absolute Gasteiger partial charge is 0.357 e. The summed E-state index contributed by atoms with van der Waals surface area (Å²) in [5.74, 6) is -0.613. The normalized spacial score (nSPS) is 16.2. The van der Waals surface area contributed by atoms with Gasteiger partial charge < -0.3 is 10.3 Å². The van der Waals surface area contributed by atoms with E-state index in [2.05, 4.69) is 10.3 Å². The third kappa shape index (κ3) is 3.96. The third-order valence-electron chi connectivity index (χ3n) is 5.32. The van der Waals surface area contributed by atoms with Gasteiger partial charge in [-0.25, -0.2) is 12.8 Å². The molecule has 1 aliphatic carbocycles. The van der Waals surface area contributed by atoms with Crippen molar-refractivity contribution in [2.45, 2.75) is 35.0 Å². The number of hydrogen-bond donors (Lipinski definition) is 2. The van der Waals surface area contributed by atoms with E-state index in [1.165, 1.54) is 18.2 Å². The molecule has 1 amide bonds. The highest BCUT2D eigenvalue weighted by Crippen LogP contribution is 2.34. The number of sulfone groups is 1. The van der Waals surface area contributed by atoms with Gasteiger partial charge in [-0.05, 0) is 72.9 Å². The maximum atomic E-state index is 13.5. The Bertz CT molecular complexity index is 1140. The number of H-pyrrole nitrogens is 1. The molecule has 0 fully saturated rings. The van der Waals surface area contributed by atoms with Gasteiger partial charge >= 0.3 is 0 Å². The van der Waals surface area contributed by atoms with Crippen LogP contribution in [0.1, 0.15) is 40.4 Å². The minimum atomic E-state index is -3.78. The topological polar surface area (TPSA) is 79.0 Å². The van der Waals surface area contributed by atoms with Crippen molar-refractivity contribution in [1.29, 1.82) is 0 Å². The summed E-state index contributed by atoms with van der Waals surface area (Å²) < 4.78 is 39.2. The number of nitrogens with one attached hydrogen (secondary N) is 2. The minimum Gasteiger partial charge on any atom is -0.357 e. The number of carbonyl (C=O) groups excluding carboxylic acids is 1. The summed E-state index contributed by atoms with van der Waals surface area (Å²) >= 11 is 0. The minimum absolute atomic E-state index is 0.0528. The van der Waals surface area contributed by atoms with Gasteiger partial charge in [-0.1, -0.05) is 12.1 Å². The fraction of sp³-hybridized carbons (Fsp3) is 0.227. The number of rotatable bonds is 5. The van der Waals surface area contributed by atoms with Crippen molar-refractivity contribution in [3.63, 3.8) is 0 Å². The number of aromatic amines is 1. The van der Waals surface area contributed by atoms with Crippen molar-refractivity contribution in [2.75, 3.05) is 6.54 Å². The average molecular weight is 412 g/mol. The zero-order valence-corrected chi connectivity index (χ0v) is 16.5. The molecule has 5 nitrogen and oxygen atoms in total. The molecule has 7 heteroatoms. The lowest BCUT2D eigenvalue weighted by atomic mass is 9.83. The van der Waals surface area contributed by atoms with Gasteiger partial charge in [0.25, 0.3) is 5.91 Å². The van der Waals surface area contributed by atoms with Crippen molar-refractivity contribution in [2.24, 2.45) is 0 Å². The van der Waals surface area contributed by atoms with E-state index < -0.39 is 15.7 Å². The van der Waals surface area contributed by atoms with Crippen LogP contribution >= 0.6 is 0 Å². The van der Waals surface area contributed by atoms with Crippen LogP contribution < -0.4 is 5.32 Å². The second-order valence-electron chi connectivity index (χ2n) is 7.20. The number of hydrogen-bond acceptors (Lipinski definition) is 3. The Morgan fingerprint density at radius 3 is 2.69 bits per heavy atom. The Labute approximate surface area is 168 Å². The summed E-state index contributed by atoms with van der Waals surface area (Å²) in [5.41, 5.74) is 2.53. The van der Waals surface area contributed by atoms with Crippen molar-refractivity contribution in [3.05, 3.63) is 83.4 Å². The molecular weight excluding hydrogens is 391 g/mol. The highest BCUT2D eigenvalue weighted by atomic mass is 32.2. The Morgan fingerprint density at radius 1 is 1.10 bits per heavy atom. The Kier molecular flexibility index (Phi) is 5.24. The van der Waals surface area contributed by atoms with Crippen LogP contribution in [0.3, 0.4) is 0 Å². The lowest BCUT2D eigenvalue weighted by Crippen LogP contribution is -2.30. The van der Waals surface area contributed by atoms with Crippen molar-refractivity contribution in [1.82, 2.24) is 10.3 Å². The molecule has 0 saturated heterocycles. The van der Waals surface area contributed by atoms with Crippen molar-refractivity contribution in [3.8, 4) is 0 Å². The lowest BCUT2D eigenvalue weighted by Gasteiger charge is -2.26. The lowest BCUT2D eigenvalue weighted by molar-refractivity contribution is 0.0946. The van der Waals surface area contributed by atoms with E-state index in [-0.39, 0.29) is 21.6 Å². The first kappa shape index (κ1) is 19.4. The van der Waals surface area contributed by atoms with Crippen LogP contribution in [0.25, 0.3) is 0 Å². The molecule has 2 aromatic carbocycles. The van der Waals surface area contributed by atoms with Gasteiger partial charge in [-0.2, -0.15) is 0 Å². The zero-order valence-electron chi connectivity index (χ0n) is 15.7. The van der Waals surface area contributed by atoms with Crippen molar-refractivity contribution >= 4 is 15.7 Å². The van der Waals surface area contributed by atoms with Crippen LogP contribution in [0, 0.1) is 5.82 Å². The molecule has 1 heterocycles. The SMILES string of the molecule is O=C(NC[C@@H]1CCCc2cc(S(=O)(=O)c3cccc(F)c3)ccc21)c1ccc[nH]1. The maximum absolute atomic E-state index is 13.5. The van der Waals surface area contributed by atoms with Crippen LogP contribution in [0.4, 0.5) is 4.39 Å². The van der Waals surface area contributed by atoms with E-state index in [1.807, 2.05) is 6.07 Å². The van der Waals surface area contributed by atoms with Gasteiger partial charge in [0.15, 0.2) is 0 Å². The van der Waals surface area contributed by atoms with Crippen LogP contribution in [0.5, 0.6) is 0 Å². The number of fused-ring (bicyclic) bond motifs is 1. The molecule has 29 heavy (non-hydrogen) atoms. The summed E-state index contributed by atoms with van der Waals surface area (Å²) in [6, 6.07) is 13.6. The molecule has 0 spiro atoms. The second kappa shape index (κ2) is 7.83. The Morgan fingerprint density at radius 2 is 1.93 bits per heavy atom. The Balaban J connectivity index is 1.56. The molecule has 0 unspecified atom stereocenters. The number of halogens is 1. The average Bonchev–Trinajstić information content (AvgIpc) is 3.26. The van der Waals surface area contributed by atoms with E-state index in [9.17, 15) is 17.6 Å². The molecule has 2 N–H and O–H groups in total. The molecule has 1 atom stereocenters. The predicted molar refractivity (Wildman–Crippen MR) is 107 cm³/mol. The first-order valence-corrected chi connectivity index (χ1v) is 11.0. The standard InChI is InChI=1S/C22H21FN2O3S/c23-17-6-2-7-18(13-17)29(27,28)19-9-10-20-15(12-19)4-1-5-16(20)14-25-22(26)21-8-3-11-24-21/h2-3,6-13,16,24H,1,4-5,14H2,(H,25,26)/t16-/m0/s1. The fourth-order valence-electron chi connectivity index (χ4n) is 3.82. The van der Waals surface area contributed by atoms with Gasteiger partial charge in [0.2, 0.25) is 9.84 Å². The number of amides is 1. The summed E-state index contributed by atoms with van der Waals surface area (Å²) in [6.07, 6.45) is 4.32. The second-order valence-corrected chi connectivity index (χ2v) is 9.15. The number of benzene rings is 2. The van der Waals surface area contributed by atoms with Gasteiger partial charge in [-0.15, -0.1) is 0 Å². The van der Waals surface area contributed by atoms with E-state index in [0.29, 0.717) is 12.2 Å². The first-order chi connectivity index (χ1) is 13.9. The molecule has 150 valence electrons. The maximum Gasteiger partial charge on any atom is 0.267 e. The summed E-state index contributed by atoms with van der Waals surface area (Å²) in [5, 5.41) is 2.94. The molecule has 0 saturated carbocycles. The van der Waals surface area contributed by atoms with E-state index >= 15 is 0 Å². The van der Waals surface area contributed by atoms with Crippen LogP contribution in [-0.2, 0) is 16.3 Å². The number of aryl methyl sites for hydroxylation is 1. The molecule has 4 rings (SSSR count). The Hall–Kier alpha value is -2.93. The zero-order chi connectivity index (χ0) is 20.4. The summed E-state index contributed by atoms with van der Waals surface area (Å²) in [7, 11) is -3.78. The predicted octanol–water partition coefficient (Wildman–Crippen LogP) is 3.84. The van der Waals surface area contributed by atoms with Crippen LogP contribution in [0.2, 0.25) is 0 Å². The molecule has 0 bridgehead atoms. The van der Waals surface area contributed by atoms with E-state index in [1.54, 1.807) is 30.5 Å². The third-order valence-corrected chi connectivity index (χ3v) is 7.07. The number of aromatic nitrogens is 1. The quantitative estimate of drug-likeness (QED) is 0.668. The monoisotopic (exact) mass is 412 g/mol. The molecule has 1 aromatic heterocycles. The fourth-order valence-corrected chi connectivity index (χ4v) is 5.17. The van der Waals surface area contributed by atoms with Gasteiger partial charge in [0.1, 0.15) is 11.5 Å². The van der Waals surface area contributed by atoms with Crippen LogP contribution in [-0.4, -0.2) is 25.9 Å². The summed E-state index contributed by atoms with van der Waals surface area (Å²) in [6.45, 7) is 0.487. The van der Waals surface area contributed by atoms with Gasteiger partial charge in [0.05, 0.1) is 9.79 Å². The molecule has 1 aliphatic rings. The van der Waals surface area contributed by atoms with Gasteiger partial charge in [0, 0.05) is 18.7 Å². The van der Waals surface area contributed by atoms with Crippen molar-refractivity contribution < 1.29 is 17.6 Å². The first-order valence-electron chi connectivity index (χ1n) is 9.50. The molecule has 3 aromatic rings.